The van der Waals surface area contributed by atoms with Crippen LogP contribution in [0.5, 0.6) is 0 Å². The molecule has 0 aliphatic rings. The first kappa shape index (κ1) is 22.1. The van der Waals surface area contributed by atoms with E-state index >= 15 is 0 Å². The van der Waals surface area contributed by atoms with E-state index in [0.717, 1.165) is 17.9 Å². The number of halogens is 2. The van der Waals surface area contributed by atoms with Gasteiger partial charge in [0.15, 0.2) is 0 Å². The SMILES string of the molecule is BrCCCC=CC[P+](c1ccccc1)(c1ccccc1)c1ccccc1.[Br-]. The number of benzene rings is 3. The lowest BCUT2D eigenvalue weighted by molar-refractivity contribution is -0.00000497. The van der Waals surface area contributed by atoms with Gasteiger partial charge < -0.3 is 17.0 Å². The second kappa shape index (κ2) is 11.6. The van der Waals surface area contributed by atoms with Crippen molar-refractivity contribution >= 4 is 39.1 Å². The number of alkyl halides is 1. The molecule has 3 rings (SSSR count). The Morgan fingerprint density at radius 3 is 1.41 bits per heavy atom. The molecule has 0 spiro atoms. The molecule has 0 saturated carbocycles. The summed E-state index contributed by atoms with van der Waals surface area (Å²) in [5.41, 5.74) is 0. The molecule has 3 heteroatoms. The lowest BCUT2D eigenvalue weighted by Gasteiger charge is -2.26. The third-order valence-corrected chi connectivity index (χ3v) is 9.50. The molecular weight excluding hydrogens is 479 g/mol. The lowest BCUT2D eigenvalue weighted by atomic mass is 10.3. The van der Waals surface area contributed by atoms with Crippen LogP contribution in [0.25, 0.3) is 0 Å². The van der Waals surface area contributed by atoms with Crippen LogP contribution in [0.3, 0.4) is 0 Å². The van der Waals surface area contributed by atoms with E-state index in [4.69, 9.17) is 0 Å². The molecule has 0 aromatic heterocycles. The second-order valence-electron chi connectivity index (χ2n) is 6.30. The molecule has 0 nitrogen and oxygen atoms in total. The maximum absolute atomic E-state index is 3.52. The Morgan fingerprint density at radius 2 is 1.04 bits per heavy atom. The van der Waals surface area contributed by atoms with Crippen LogP contribution in [0.1, 0.15) is 12.8 Å². The van der Waals surface area contributed by atoms with E-state index in [1.807, 2.05) is 0 Å². The van der Waals surface area contributed by atoms with E-state index in [1.54, 1.807) is 0 Å². The molecular formula is C24H25Br2P. The molecule has 0 aliphatic carbocycles. The quantitative estimate of drug-likeness (QED) is 0.192. The van der Waals surface area contributed by atoms with E-state index in [-0.39, 0.29) is 17.0 Å². The Bertz CT molecular complexity index is 705. The zero-order chi connectivity index (χ0) is 18.1. The lowest BCUT2D eigenvalue weighted by Crippen LogP contribution is -3.00. The fourth-order valence-electron chi connectivity index (χ4n) is 3.36. The minimum atomic E-state index is -1.70. The predicted molar refractivity (Wildman–Crippen MR) is 122 cm³/mol. The average Bonchev–Trinajstić information content (AvgIpc) is 2.73. The zero-order valence-electron chi connectivity index (χ0n) is 15.3. The van der Waals surface area contributed by atoms with Gasteiger partial charge in [0.2, 0.25) is 0 Å². The van der Waals surface area contributed by atoms with Crippen LogP contribution >= 0.6 is 23.2 Å². The molecule has 0 aliphatic heterocycles. The average molecular weight is 504 g/mol. The molecule has 27 heavy (non-hydrogen) atoms. The number of hydrogen-bond donors (Lipinski definition) is 0. The summed E-state index contributed by atoms with van der Waals surface area (Å²) >= 11 is 3.52. The predicted octanol–water partition coefficient (Wildman–Crippen LogP) is 2.72. The fraction of sp³-hybridized carbons (Fsp3) is 0.167. The van der Waals surface area contributed by atoms with E-state index in [9.17, 15) is 0 Å². The number of hydrogen-bond acceptors (Lipinski definition) is 0. The van der Waals surface area contributed by atoms with Crippen molar-refractivity contribution in [2.24, 2.45) is 0 Å². The van der Waals surface area contributed by atoms with Gasteiger partial charge in [0.25, 0.3) is 0 Å². The van der Waals surface area contributed by atoms with Crippen molar-refractivity contribution in [2.45, 2.75) is 12.8 Å². The maximum atomic E-state index is 3.52. The molecule has 0 saturated heterocycles. The van der Waals surface area contributed by atoms with E-state index < -0.39 is 7.26 Å². The summed E-state index contributed by atoms with van der Waals surface area (Å²) in [4.78, 5) is 0. The van der Waals surface area contributed by atoms with Gasteiger partial charge >= 0.3 is 0 Å². The molecule has 140 valence electrons. The van der Waals surface area contributed by atoms with Crippen molar-refractivity contribution in [3.8, 4) is 0 Å². The molecule has 0 bridgehead atoms. The summed E-state index contributed by atoms with van der Waals surface area (Å²) in [6.07, 6.45) is 8.13. The highest BCUT2D eigenvalue weighted by atomic mass is 79.9. The monoisotopic (exact) mass is 502 g/mol. The normalized spacial score (nSPS) is 11.3. The summed E-state index contributed by atoms with van der Waals surface area (Å²) in [7, 11) is -1.70. The Labute approximate surface area is 183 Å². The molecule has 3 aromatic carbocycles. The highest BCUT2D eigenvalue weighted by molar-refractivity contribution is 9.09. The van der Waals surface area contributed by atoms with Gasteiger partial charge in [0.05, 0.1) is 6.16 Å². The highest BCUT2D eigenvalue weighted by Crippen LogP contribution is 2.55. The third-order valence-electron chi connectivity index (χ3n) is 4.64. The van der Waals surface area contributed by atoms with Crippen LogP contribution in [-0.4, -0.2) is 11.5 Å². The van der Waals surface area contributed by atoms with E-state index in [0.29, 0.717) is 0 Å². The molecule has 0 unspecified atom stereocenters. The zero-order valence-corrected chi connectivity index (χ0v) is 19.4. The van der Waals surface area contributed by atoms with Crippen molar-refractivity contribution in [3.63, 3.8) is 0 Å². The van der Waals surface area contributed by atoms with Gasteiger partial charge in [-0.2, -0.15) is 0 Å². The summed E-state index contributed by atoms with van der Waals surface area (Å²) in [5.74, 6) is 0. The largest absolute Gasteiger partial charge is 1.00 e. The van der Waals surface area contributed by atoms with Gasteiger partial charge in [-0.3, -0.25) is 0 Å². The Hall–Kier alpha value is -1.21. The summed E-state index contributed by atoms with van der Waals surface area (Å²) in [6.45, 7) is 0. The van der Waals surface area contributed by atoms with Crippen molar-refractivity contribution in [2.75, 3.05) is 11.5 Å². The van der Waals surface area contributed by atoms with Crippen molar-refractivity contribution in [1.82, 2.24) is 0 Å². The van der Waals surface area contributed by atoms with Crippen LogP contribution < -0.4 is 32.9 Å². The highest BCUT2D eigenvalue weighted by Gasteiger charge is 2.43. The topological polar surface area (TPSA) is 0 Å². The Morgan fingerprint density at radius 1 is 0.630 bits per heavy atom. The first-order valence-corrected chi connectivity index (χ1v) is 12.2. The van der Waals surface area contributed by atoms with E-state index in [2.05, 4.69) is 119 Å². The summed E-state index contributed by atoms with van der Waals surface area (Å²) < 4.78 is 0. The minimum Gasteiger partial charge on any atom is -1.00 e. The van der Waals surface area contributed by atoms with Gasteiger partial charge in [-0.25, -0.2) is 0 Å². The van der Waals surface area contributed by atoms with Crippen LogP contribution in [0, 0.1) is 0 Å². The first-order chi connectivity index (χ1) is 12.9. The molecule has 0 N–H and O–H groups in total. The summed E-state index contributed by atoms with van der Waals surface area (Å²) in [6, 6.07) is 33.2. The molecule has 3 aromatic rings. The summed E-state index contributed by atoms with van der Waals surface area (Å²) in [5, 5.41) is 5.40. The number of rotatable bonds is 8. The minimum absolute atomic E-state index is 0. The smallest absolute Gasteiger partial charge is 0.115 e. The van der Waals surface area contributed by atoms with Crippen LogP contribution in [0.2, 0.25) is 0 Å². The fourth-order valence-corrected chi connectivity index (χ4v) is 7.72. The third kappa shape index (κ3) is 5.41. The molecule has 0 atom stereocenters. The van der Waals surface area contributed by atoms with Gasteiger partial charge in [-0.05, 0) is 49.2 Å². The van der Waals surface area contributed by atoms with Gasteiger partial charge in [-0.1, -0.05) is 82.7 Å². The van der Waals surface area contributed by atoms with Crippen molar-refractivity contribution in [3.05, 3.63) is 103 Å². The van der Waals surface area contributed by atoms with Crippen molar-refractivity contribution in [1.29, 1.82) is 0 Å². The van der Waals surface area contributed by atoms with Crippen LogP contribution in [0.4, 0.5) is 0 Å². The van der Waals surface area contributed by atoms with Gasteiger partial charge in [0, 0.05) is 5.33 Å². The molecule has 0 fully saturated rings. The number of unbranched alkanes of at least 4 members (excludes halogenated alkanes) is 1. The Kier molecular flexibility index (Phi) is 9.48. The second-order valence-corrected chi connectivity index (χ2v) is 10.6. The van der Waals surface area contributed by atoms with Gasteiger partial charge in [-0.15, -0.1) is 0 Å². The molecule has 0 heterocycles. The van der Waals surface area contributed by atoms with E-state index in [1.165, 1.54) is 22.3 Å². The van der Waals surface area contributed by atoms with Gasteiger partial charge in [0.1, 0.15) is 23.2 Å². The maximum Gasteiger partial charge on any atom is 0.115 e. The van der Waals surface area contributed by atoms with Crippen LogP contribution in [0.15, 0.2) is 103 Å². The molecule has 0 amide bonds. The standard InChI is InChI=1S/C24H25BrP.BrH/c25-20-12-1-2-13-21-26(22-14-6-3-7-15-22,23-16-8-4-9-17-23)24-18-10-5-11-19-24;/h2-11,13-19H,1,12,20-21H2;1H/q+1;/p-1. The Balaban J connectivity index is 0.00000261. The number of allylic oxidation sites excluding steroid dienone is 2. The molecule has 0 radical (unpaired) electrons. The van der Waals surface area contributed by atoms with Crippen molar-refractivity contribution < 1.29 is 17.0 Å². The van der Waals surface area contributed by atoms with Crippen LogP contribution in [-0.2, 0) is 0 Å². The first-order valence-electron chi connectivity index (χ1n) is 9.14.